The highest BCUT2D eigenvalue weighted by Gasteiger charge is 2.50. The molecule has 2 N–H and O–H groups in total. The van der Waals surface area contributed by atoms with Crippen LogP contribution in [0.25, 0.3) is 0 Å². The Kier molecular flexibility index (Phi) is 8.42. The maximum absolute atomic E-state index is 7.00. The fourth-order valence-electron chi connectivity index (χ4n) is 4.82. The summed E-state index contributed by atoms with van der Waals surface area (Å²) in [5, 5.41) is 2.49. The minimum absolute atomic E-state index is 0.0623. The van der Waals surface area contributed by atoms with Gasteiger partial charge in [0.25, 0.3) is 8.32 Å². The highest BCUT2D eigenvalue weighted by atomic mass is 28.4. The van der Waals surface area contributed by atoms with Crippen LogP contribution in [0.4, 0.5) is 0 Å². The summed E-state index contributed by atoms with van der Waals surface area (Å²) in [5.74, 6) is 0.861. The zero-order valence-electron chi connectivity index (χ0n) is 21.6. The Morgan fingerprint density at radius 2 is 1.17 bits per heavy atom. The number of nitrogens with two attached hydrogens (primary N) is 1. The summed E-state index contributed by atoms with van der Waals surface area (Å²) in [6.07, 6.45) is 0.747. The summed E-state index contributed by atoms with van der Waals surface area (Å²) >= 11 is 0. The molecule has 4 heteroatoms. The van der Waals surface area contributed by atoms with Gasteiger partial charge >= 0.3 is 0 Å². The molecular weight excluding hydrogens is 458 g/mol. The predicted molar refractivity (Wildman–Crippen MR) is 152 cm³/mol. The van der Waals surface area contributed by atoms with Gasteiger partial charge in [0.2, 0.25) is 0 Å². The lowest BCUT2D eigenvalue weighted by atomic mass is 10.1. The molecule has 0 saturated carbocycles. The molecule has 0 fully saturated rings. The van der Waals surface area contributed by atoms with Crippen molar-refractivity contribution in [3.63, 3.8) is 0 Å². The summed E-state index contributed by atoms with van der Waals surface area (Å²) in [6.45, 7) is 7.93. The second kappa shape index (κ2) is 11.7. The third-order valence-electron chi connectivity index (χ3n) is 6.60. The van der Waals surface area contributed by atoms with Crippen LogP contribution in [0.1, 0.15) is 31.9 Å². The molecule has 186 valence electrons. The Labute approximate surface area is 217 Å². The molecule has 0 saturated heterocycles. The van der Waals surface area contributed by atoms with Crippen LogP contribution in [0.2, 0.25) is 5.04 Å². The van der Waals surface area contributed by atoms with E-state index < -0.39 is 8.32 Å². The maximum Gasteiger partial charge on any atom is 0.261 e. The Morgan fingerprint density at radius 3 is 1.67 bits per heavy atom. The van der Waals surface area contributed by atoms with Gasteiger partial charge in [0.1, 0.15) is 12.4 Å². The molecule has 4 aromatic carbocycles. The minimum Gasteiger partial charge on any atom is -0.489 e. The Bertz CT molecular complexity index is 1150. The SMILES string of the molecule is CC(C)(C)[Si](OC[C@H](N)Cc1ccc(OCc2ccccc2)cc1)(c1ccccc1)c1ccccc1. The Hall–Kier alpha value is -3.18. The minimum atomic E-state index is -2.58. The summed E-state index contributed by atoms with van der Waals surface area (Å²) in [6, 6.07) is 39.7. The number of hydrogen-bond donors (Lipinski definition) is 1. The van der Waals surface area contributed by atoms with Crippen molar-refractivity contribution in [2.45, 2.75) is 44.9 Å². The second-order valence-corrected chi connectivity index (χ2v) is 14.7. The van der Waals surface area contributed by atoms with E-state index in [-0.39, 0.29) is 11.1 Å². The van der Waals surface area contributed by atoms with Gasteiger partial charge in [-0.2, -0.15) is 0 Å². The third kappa shape index (κ3) is 6.14. The van der Waals surface area contributed by atoms with Crippen molar-refractivity contribution in [2.24, 2.45) is 5.73 Å². The Balaban J connectivity index is 1.45. The van der Waals surface area contributed by atoms with Crippen LogP contribution in [0.5, 0.6) is 5.75 Å². The molecule has 0 spiro atoms. The molecule has 0 aliphatic heterocycles. The first kappa shape index (κ1) is 25.9. The van der Waals surface area contributed by atoms with E-state index in [2.05, 4.69) is 106 Å². The van der Waals surface area contributed by atoms with Crippen LogP contribution in [0.3, 0.4) is 0 Å². The maximum atomic E-state index is 7.00. The average molecular weight is 496 g/mol. The lowest BCUT2D eigenvalue weighted by Crippen LogP contribution is -2.67. The molecule has 0 aromatic heterocycles. The van der Waals surface area contributed by atoms with Crippen molar-refractivity contribution in [3.8, 4) is 5.75 Å². The lowest BCUT2D eigenvalue weighted by molar-refractivity contribution is 0.270. The van der Waals surface area contributed by atoms with E-state index in [1.807, 2.05) is 30.3 Å². The second-order valence-electron chi connectivity index (χ2n) is 10.4. The highest BCUT2D eigenvalue weighted by Crippen LogP contribution is 2.36. The molecule has 0 heterocycles. The molecule has 4 aromatic rings. The molecule has 0 aliphatic carbocycles. The van der Waals surface area contributed by atoms with E-state index in [0.717, 1.165) is 17.7 Å². The van der Waals surface area contributed by atoms with Crippen molar-refractivity contribution in [1.82, 2.24) is 0 Å². The van der Waals surface area contributed by atoms with Crippen LogP contribution >= 0.6 is 0 Å². The standard InChI is InChI=1S/C32H37NO2Si/c1-32(2,3)36(30-15-9-5-10-16-30,31-17-11-6-12-18-31)35-25-28(33)23-26-19-21-29(22-20-26)34-24-27-13-7-4-8-14-27/h4-22,28H,23-25,33H2,1-3H3/t28-/m1/s1. The van der Waals surface area contributed by atoms with Crippen LogP contribution in [-0.2, 0) is 17.5 Å². The number of hydrogen-bond acceptors (Lipinski definition) is 3. The molecule has 0 bridgehead atoms. The molecule has 4 rings (SSSR count). The largest absolute Gasteiger partial charge is 0.489 e. The van der Waals surface area contributed by atoms with Crippen molar-refractivity contribution in [3.05, 3.63) is 126 Å². The van der Waals surface area contributed by atoms with Gasteiger partial charge in [0, 0.05) is 6.04 Å². The van der Waals surface area contributed by atoms with Crippen molar-refractivity contribution in [2.75, 3.05) is 6.61 Å². The molecule has 0 aliphatic rings. The van der Waals surface area contributed by atoms with Gasteiger partial charge in [0.05, 0.1) is 6.61 Å². The number of ether oxygens (including phenoxy) is 1. The highest BCUT2D eigenvalue weighted by molar-refractivity contribution is 6.99. The topological polar surface area (TPSA) is 44.5 Å². The van der Waals surface area contributed by atoms with E-state index in [1.54, 1.807) is 0 Å². The molecule has 0 radical (unpaired) electrons. The quantitative estimate of drug-likeness (QED) is 0.287. The van der Waals surface area contributed by atoms with E-state index in [1.165, 1.54) is 15.9 Å². The van der Waals surface area contributed by atoms with Crippen LogP contribution in [0.15, 0.2) is 115 Å². The normalized spacial score (nSPS) is 12.8. The summed E-state index contributed by atoms with van der Waals surface area (Å²) in [5.41, 5.74) is 8.99. The van der Waals surface area contributed by atoms with E-state index in [4.69, 9.17) is 14.9 Å². The first-order valence-corrected chi connectivity index (χ1v) is 14.6. The van der Waals surface area contributed by atoms with E-state index >= 15 is 0 Å². The van der Waals surface area contributed by atoms with Crippen LogP contribution in [-0.4, -0.2) is 21.0 Å². The summed E-state index contributed by atoms with van der Waals surface area (Å²) in [7, 11) is -2.58. The number of benzene rings is 4. The summed E-state index contributed by atoms with van der Waals surface area (Å²) < 4.78 is 12.9. The van der Waals surface area contributed by atoms with E-state index in [0.29, 0.717) is 13.2 Å². The van der Waals surface area contributed by atoms with Crippen molar-refractivity contribution >= 4 is 18.7 Å². The number of rotatable bonds is 10. The molecule has 3 nitrogen and oxygen atoms in total. The van der Waals surface area contributed by atoms with Gasteiger partial charge in [0.15, 0.2) is 0 Å². The van der Waals surface area contributed by atoms with Gasteiger partial charge in [-0.15, -0.1) is 0 Å². The van der Waals surface area contributed by atoms with Crippen LogP contribution in [0, 0.1) is 0 Å². The molecule has 0 unspecified atom stereocenters. The monoisotopic (exact) mass is 495 g/mol. The summed E-state index contributed by atoms with van der Waals surface area (Å²) in [4.78, 5) is 0. The first-order valence-electron chi connectivity index (χ1n) is 12.6. The zero-order valence-corrected chi connectivity index (χ0v) is 22.6. The first-order chi connectivity index (χ1) is 17.4. The van der Waals surface area contributed by atoms with Crippen molar-refractivity contribution < 1.29 is 9.16 Å². The van der Waals surface area contributed by atoms with E-state index in [9.17, 15) is 0 Å². The van der Waals surface area contributed by atoms with Gasteiger partial charge < -0.3 is 14.9 Å². The van der Waals surface area contributed by atoms with Gasteiger partial charge in [-0.1, -0.05) is 124 Å². The predicted octanol–water partition coefficient (Wildman–Crippen LogP) is 5.71. The zero-order chi connectivity index (χ0) is 25.4. The van der Waals surface area contributed by atoms with Gasteiger partial charge in [-0.3, -0.25) is 0 Å². The van der Waals surface area contributed by atoms with Crippen molar-refractivity contribution in [1.29, 1.82) is 0 Å². The molecular formula is C32H37NO2Si. The van der Waals surface area contributed by atoms with Gasteiger partial charge in [-0.05, 0) is 45.1 Å². The lowest BCUT2D eigenvalue weighted by Gasteiger charge is -2.43. The fraction of sp³-hybridized carbons (Fsp3) is 0.250. The smallest absolute Gasteiger partial charge is 0.261 e. The fourth-order valence-corrected chi connectivity index (χ4v) is 9.44. The van der Waals surface area contributed by atoms with Gasteiger partial charge in [-0.25, -0.2) is 0 Å². The molecule has 36 heavy (non-hydrogen) atoms. The Morgan fingerprint density at radius 1 is 0.667 bits per heavy atom. The third-order valence-corrected chi connectivity index (χ3v) is 11.6. The molecule has 1 atom stereocenters. The van der Waals surface area contributed by atoms with Crippen LogP contribution < -0.4 is 20.8 Å². The molecule has 0 amide bonds. The average Bonchev–Trinajstić information content (AvgIpc) is 2.90.